The zero-order valence-electron chi connectivity index (χ0n) is 6.47. The van der Waals surface area contributed by atoms with E-state index in [1.54, 1.807) is 11.9 Å². The van der Waals surface area contributed by atoms with Gasteiger partial charge in [-0.15, -0.1) is 0 Å². The highest BCUT2D eigenvalue weighted by atomic mass is 32.2. The molecule has 1 fully saturated rings. The SMILES string of the molecule is C=C1SC(C)(C)C(=O)N1C. The first kappa shape index (κ1) is 7.66. The fraction of sp³-hybridized carbons (Fsp3) is 0.571. The second-order valence-corrected chi connectivity index (χ2v) is 4.57. The van der Waals surface area contributed by atoms with Gasteiger partial charge in [-0.2, -0.15) is 0 Å². The van der Waals surface area contributed by atoms with Crippen molar-refractivity contribution in [2.45, 2.75) is 18.6 Å². The summed E-state index contributed by atoms with van der Waals surface area (Å²) in [6.45, 7) is 7.57. The summed E-state index contributed by atoms with van der Waals surface area (Å²) in [5.74, 6) is 0.141. The van der Waals surface area contributed by atoms with Crippen molar-refractivity contribution in [1.82, 2.24) is 4.90 Å². The van der Waals surface area contributed by atoms with E-state index in [1.807, 2.05) is 13.8 Å². The quantitative estimate of drug-likeness (QED) is 0.530. The Morgan fingerprint density at radius 2 is 2.10 bits per heavy atom. The highest BCUT2D eigenvalue weighted by molar-refractivity contribution is 8.05. The van der Waals surface area contributed by atoms with E-state index >= 15 is 0 Å². The standard InChI is InChI=1S/C7H11NOS/c1-5-8(4)6(9)7(2,3)10-5/h1H2,2-4H3. The molecule has 1 aliphatic rings. The van der Waals surface area contributed by atoms with Crippen LogP contribution in [0.2, 0.25) is 0 Å². The Bertz CT molecular complexity index is 198. The zero-order chi connectivity index (χ0) is 7.94. The van der Waals surface area contributed by atoms with Crippen molar-refractivity contribution in [3.05, 3.63) is 11.6 Å². The van der Waals surface area contributed by atoms with Crippen LogP contribution < -0.4 is 0 Å². The molecule has 0 atom stereocenters. The van der Waals surface area contributed by atoms with E-state index < -0.39 is 0 Å². The van der Waals surface area contributed by atoms with Gasteiger partial charge in [0.1, 0.15) is 0 Å². The van der Waals surface area contributed by atoms with E-state index in [4.69, 9.17) is 0 Å². The molecule has 10 heavy (non-hydrogen) atoms. The van der Waals surface area contributed by atoms with E-state index in [9.17, 15) is 4.79 Å². The topological polar surface area (TPSA) is 20.3 Å². The maximum absolute atomic E-state index is 11.3. The summed E-state index contributed by atoms with van der Waals surface area (Å²) in [5.41, 5.74) is 0. The average molecular weight is 157 g/mol. The van der Waals surface area contributed by atoms with Gasteiger partial charge in [-0.25, -0.2) is 0 Å². The molecule has 0 aromatic rings. The van der Waals surface area contributed by atoms with Crippen molar-refractivity contribution in [2.24, 2.45) is 0 Å². The summed E-state index contributed by atoms with van der Waals surface area (Å²) >= 11 is 1.52. The molecule has 0 saturated carbocycles. The number of hydrogen-bond acceptors (Lipinski definition) is 2. The zero-order valence-corrected chi connectivity index (χ0v) is 7.29. The van der Waals surface area contributed by atoms with Gasteiger partial charge in [0, 0.05) is 7.05 Å². The average Bonchev–Trinajstić information content (AvgIpc) is 1.95. The molecule has 1 saturated heterocycles. The smallest absolute Gasteiger partial charge is 0.243 e. The lowest BCUT2D eigenvalue weighted by Gasteiger charge is -2.12. The lowest BCUT2D eigenvalue weighted by Crippen LogP contribution is -2.31. The largest absolute Gasteiger partial charge is 0.309 e. The summed E-state index contributed by atoms with van der Waals surface area (Å²) in [5, 5.41) is 0.843. The number of amides is 1. The van der Waals surface area contributed by atoms with Gasteiger partial charge in [-0.3, -0.25) is 4.79 Å². The third-order valence-corrected chi connectivity index (χ3v) is 2.76. The summed E-state index contributed by atoms with van der Waals surface area (Å²) in [6.07, 6.45) is 0. The van der Waals surface area contributed by atoms with Crippen molar-refractivity contribution in [3.8, 4) is 0 Å². The van der Waals surface area contributed by atoms with Gasteiger partial charge in [0.15, 0.2) is 0 Å². The third-order valence-electron chi connectivity index (χ3n) is 1.57. The van der Waals surface area contributed by atoms with Crippen LogP contribution in [-0.2, 0) is 4.79 Å². The molecular weight excluding hydrogens is 146 g/mol. The maximum Gasteiger partial charge on any atom is 0.243 e. The number of nitrogens with zero attached hydrogens (tertiary/aromatic N) is 1. The number of carbonyl (C=O) groups is 1. The van der Waals surface area contributed by atoms with Crippen LogP contribution in [0.15, 0.2) is 11.6 Å². The summed E-state index contributed by atoms with van der Waals surface area (Å²) < 4.78 is -0.300. The highest BCUT2D eigenvalue weighted by Crippen LogP contribution is 2.40. The van der Waals surface area contributed by atoms with E-state index in [1.165, 1.54) is 11.8 Å². The summed E-state index contributed by atoms with van der Waals surface area (Å²) in [7, 11) is 1.76. The number of thioether (sulfide) groups is 1. The molecule has 3 heteroatoms. The van der Waals surface area contributed by atoms with E-state index in [0.717, 1.165) is 5.03 Å². The van der Waals surface area contributed by atoms with Crippen LogP contribution in [0.4, 0.5) is 0 Å². The predicted octanol–water partition coefficient (Wildman–Crippen LogP) is 1.44. The van der Waals surface area contributed by atoms with Crippen LogP contribution in [0.25, 0.3) is 0 Å². The lowest BCUT2D eigenvalue weighted by molar-refractivity contribution is -0.128. The van der Waals surface area contributed by atoms with Gasteiger partial charge < -0.3 is 4.90 Å². The van der Waals surface area contributed by atoms with Gasteiger partial charge >= 0.3 is 0 Å². The van der Waals surface area contributed by atoms with Crippen LogP contribution in [0.5, 0.6) is 0 Å². The number of carbonyl (C=O) groups excluding carboxylic acids is 1. The van der Waals surface area contributed by atoms with Gasteiger partial charge in [-0.05, 0) is 13.8 Å². The number of hydrogen-bond donors (Lipinski definition) is 0. The number of rotatable bonds is 0. The molecule has 0 radical (unpaired) electrons. The minimum atomic E-state index is -0.300. The summed E-state index contributed by atoms with van der Waals surface area (Å²) in [6, 6.07) is 0. The van der Waals surface area contributed by atoms with Crippen molar-refractivity contribution < 1.29 is 4.79 Å². The second-order valence-electron chi connectivity index (χ2n) is 2.87. The van der Waals surface area contributed by atoms with E-state index in [-0.39, 0.29) is 10.7 Å². The van der Waals surface area contributed by atoms with Crippen LogP contribution >= 0.6 is 11.8 Å². The maximum atomic E-state index is 11.3. The molecule has 1 aliphatic heterocycles. The minimum Gasteiger partial charge on any atom is -0.309 e. The molecule has 0 aliphatic carbocycles. The van der Waals surface area contributed by atoms with Crippen molar-refractivity contribution in [2.75, 3.05) is 7.05 Å². The van der Waals surface area contributed by atoms with E-state index in [2.05, 4.69) is 6.58 Å². The highest BCUT2D eigenvalue weighted by Gasteiger charge is 2.40. The molecule has 0 bridgehead atoms. The van der Waals surface area contributed by atoms with Crippen LogP contribution in [0.3, 0.4) is 0 Å². The minimum absolute atomic E-state index is 0.141. The normalized spacial score (nSPS) is 24.1. The first-order valence-corrected chi connectivity index (χ1v) is 3.93. The summed E-state index contributed by atoms with van der Waals surface area (Å²) in [4.78, 5) is 12.9. The Kier molecular flexibility index (Phi) is 1.55. The van der Waals surface area contributed by atoms with Gasteiger partial charge in [-0.1, -0.05) is 18.3 Å². The monoisotopic (exact) mass is 157 g/mol. The van der Waals surface area contributed by atoms with Crippen LogP contribution in [-0.4, -0.2) is 22.6 Å². The Morgan fingerprint density at radius 3 is 2.20 bits per heavy atom. The van der Waals surface area contributed by atoms with Crippen molar-refractivity contribution >= 4 is 17.7 Å². The molecule has 0 N–H and O–H groups in total. The first-order valence-electron chi connectivity index (χ1n) is 3.11. The lowest BCUT2D eigenvalue weighted by atomic mass is 10.2. The molecule has 0 unspecified atom stereocenters. The Morgan fingerprint density at radius 1 is 1.60 bits per heavy atom. The molecule has 1 amide bonds. The fourth-order valence-corrected chi connectivity index (χ4v) is 1.96. The fourth-order valence-electron chi connectivity index (χ4n) is 0.924. The van der Waals surface area contributed by atoms with E-state index in [0.29, 0.717) is 0 Å². The molecule has 0 spiro atoms. The Hall–Kier alpha value is -0.440. The first-order chi connectivity index (χ1) is 4.45. The van der Waals surface area contributed by atoms with Crippen molar-refractivity contribution in [1.29, 1.82) is 0 Å². The van der Waals surface area contributed by atoms with Crippen LogP contribution in [0, 0.1) is 0 Å². The van der Waals surface area contributed by atoms with Gasteiger partial charge in [0.2, 0.25) is 5.91 Å². The Labute approximate surface area is 65.3 Å². The molecule has 56 valence electrons. The van der Waals surface area contributed by atoms with Gasteiger partial charge in [0.25, 0.3) is 0 Å². The molecular formula is C7H11NOS. The second kappa shape index (κ2) is 2.02. The van der Waals surface area contributed by atoms with Crippen LogP contribution in [0.1, 0.15) is 13.8 Å². The molecule has 1 heterocycles. The molecule has 0 aromatic carbocycles. The van der Waals surface area contributed by atoms with Gasteiger partial charge in [0.05, 0.1) is 9.78 Å². The Balaban J connectivity index is 2.92. The molecule has 1 rings (SSSR count). The predicted molar refractivity (Wildman–Crippen MR) is 43.6 cm³/mol. The molecule has 0 aromatic heterocycles. The van der Waals surface area contributed by atoms with Crippen molar-refractivity contribution in [3.63, 3.8) is 0 Å². The molecule has 2 nitrogen and oxygen atoms in total. The third kappa shape index (κ3) is 0.944.